The fourth-order valence-corrected chi connectivity index (χ4v) is 4.66. The fourth-order valence-electron chi connectivity index (χ4n) is 4.66. The molecule has 0 spiro atoms. The number of aromatic nitrogens is 3. The maximum Gasteiger partial charge on any atom is 0.260 e. The summed E-state index contributed by atoms with van der Waals surface area (Å²) < 4.78 is 29.4. The third-order valence-electron chi connectivity index (χ3n) is 6.50. The number of piperidine rings is 1. The maximum atomic E-state index is 14.0. The molecule has 2 aliphatic rings. The molecule has 1 N–H and O–H groups in total. The second kappa shape index (κ2) is 8.20. The summed E-state index contributed by atoms with van der Waals surface area (Å²) in [7, 11) is 0. The third-order valence-corrected chi connectivity index (χ3v) is 6.50. The molecular formula is C23H31F2N5O. The van der Waals surface area contributed by atoms with Gasteiger partial charge in [-0.15, -0.1) is 0 Å². The van der Waals surface area contributed by atoms with Crippen LogP contribution in [0.2, 0.25) is 0 Å². The van der Waals surface area contributed by atoms with E-state index in [4.69, 9.17) is 0 Å². The molecule has 2 aromatic heterocycles. The van der Waals surface area contributed by atoms with Crippen molar-refractivity contribution in [2.24, 2.45) is 5.92 Å². The van der Waals surface area contributed by atoms with Crippen molar-refractivity contribution in [1.29, 1.82) is 0 Å². The van der Waals surface area contributed by atoms with Crippen molar-refractivity contribution in [3.05, 3.63) is 41.3 Å². The number of fused-ring (bicyclic) bond motifs is 1. The molecule has 0 aliphatic carbocycles. The first kappa shape index (κ1) is 21.7. The zero-order valence-corrected chi connectivity index (χ0v) is 18.6. The summed E-state index contributed by atoms with van der Waals surface area (Å²) >= 11 is 0. The van der Waals surface area contributed by atoms with Crippen molar-refractivity contribution in [3.8, 4) is 0 Å². The molecule has 0 radical (unpaired) electrons. The highest BCUT2D eigenvalue weighted by Gasteiger charge is 2.39. The lowest BCUT2D eigenvalue weighted by Crippen LogP contribution is -2.48. The number of nitrogens with zero attached hydrogens (tertiary/aromatic N) is 4. The Balaban J connectivity index is 1.55. The first-order valence-electron chi connectivity index (χ1n) is 11.0. The van der Waals surface area contributed by atoms with Gasteiger partial charge in [0.25, 0.3) is 12.3 Å². The molecule has 0 unspecified atom stereocenters. The van der Waals surface area contributed by atoms with Gasteiger partial charge in [0.1, 0.15) is 11.9 Å². The number of nitrogens with one attached hydrogen (secondary N) is 1. The van der Waals surface area contributed by atoms with Crippen LogP contribution in [-0.2, 0) is 5.41 Å². The molecule has 2 aliphatic heterocycles. The summed E-state index contributed by atoms with van der Waals surface area (Å²) in [5, 5.41) is 7.97. The Morgan fingerprint density at radius 1 is 1.32 bits per heavy atom. The van der Waals surface area contributed by atoms with Gasteiger partial charge in [0.15, 0.2) is 0 Å². The summed E-state index contributed by atoms with van der Waals surface area (Å²) in [6, 6.07) is 2.57. The number of hydrogen-bond donors (Lipinski definition) is 1. The summed E-state index contributed by atoms with van der Waals surface area (Å²) in [4.78, 5) is 19.0. The van der Waals surface area contributed by atoms with E-state index in [2.05, 4.69) is 15.4 Å². The zero-order valence-electron chi connectivity index (χ0n) is 18.6. The van der Waals surface area contributed by atoms with Crippen LogP contribution in [0.1, 0.15) is 67.7 Å². The van der Waals surface area contributed by atoms with Crippen molar-refractivity contribution >= 4 is 11.7 Å². The largest absolute Gasteiger partial charge is 0.367 e. The lowest BCUT2D eigenvalue weighted by atomic mass is 9.85. The molecule has 3 atom stereocenters. The number of aryl methyl sites for hydroxylation is 1. The summed E-state index contributed by atoms with van der Waals surface area (Å²) in [5.74, 6) is 0.758. The van der Waals surface area contributed by atoms with E-state index in [1.54, 1.807) is 18.5 Å². The van der Waals surface area contributed by atoms with E-state index >= 15 is 0 Å². The van der Waals surface area contributed by atoms with Crippen molar-refractivity contribution in [3.63, 3.8) is 0 Å². The van der Waals surface area contributed by atoms with E-state index in [-0.39, 0.29) is 23.3 Å². The van der Waals surface area contributed by atoms with Crippen molar-refractivity contribution in [1.82, 2.24) is 19.7 Å². The van der Waals surface area contributed by atoms with Gasteiger partial charge in [-0.25, -0.2) is 13.5 Å². The molecule has 4 heterocycles. The van der Waals surface area contributed by atoms with Gasteiger partial charge in [-0.3, -0.25) is 9.78 Å². The predicted octanol–water partition coefficient (Wildman–Crippen LogP) is 4.43. The van der Waals surface area contributed by atoms with Gasteiger partial charge in [0, 0.05) is 48.6 Å². The lowest BCUT2D eigenvalue weighted by molar-refractivity contribution is 0.0504. The van der Waals surface area contributed by atoms with Crippen molar-refractivity contribution in [2.75, 3.05) is 18.4 Å². The first-order chi connectivity index (χ1) is 14.6. The number of carbonyl (C=O) groups is 1. The summed E-state index contributed by atoms with van der Waals surface area (Å²) in [6.45, 7) is 9.22. The quantitative estimate of drug-likeness (QED) is 0.781. The van der Waals surface area contributed by atoms with Crippen LogP contribution in [-0.4, -0.2) is 51.1 Å². The van der Waals surface area contributed by atoms with Crippen LogP contribution < -0.4 is 5.32 Å². The highest BCUT2D eigenvalue weighted by molar-refractivity contribution is 5.95. The number of anilines is 1. The van der Waals surface area contributed by atoms with E-state index in [0.717, 1.165) is 24.1 Å². The molecule has 0 saturated carbocycles. The molecule has 0 aromatic carbocycles. The molecule has 8 heteroatoms. The van der Waals surface area contributed by atoms with Gasteiger partial charge in [-0.1, -0.05) is 20.8 Å². The van der Waals surface area contributed by atoms with Gasteiger partial charge in [0.2, 0.25) is 0 Å². The highest BCUT2D eigenvalue weighted by Crippen LogP contribution is 2.38. The van der Waals surface area contributed by atoms with Crippen LogP contribution >= 0.6 is 0 Å². The number of pyridine rings is 1. The Morgan fingerprint density at radius 3 is 2.77 bits per heavy atom. The SMILES string of the molecule is Cc1cnccc1C(=O)N1CCC[C@@H]([C@@H]2C[C@H](C(F)F)n3nc(C(C)(C)C)cc3N2)C1. The van der Waals surface area contributed by atoms with Crippen LogP contribution in [0, 0.1) is 12.8 Å². The molecule has 1 fully saturated rings. The molecular weight excluding hydrogens is 400 g/mol. The number of carbonyl (C=O) groups excluding carboxylic acids is 1. The van der Waals surface area contributed by atoms with Gasteiger partial charge >= 0.3 is 0 Å². The van der Waals surface area contributed by atoms with Gasteiger partial charge in [-0.05, 0) is 43.7 Å². The average Bonchev–Trinajstić information content (AvgIpc) is 3.17. The summed E-state index contributed by atoms with van der Waals surface area (Å²) in [5.41, 5.74) is 2.09. The monoisotopic (exact) mass is 431 g/mol. The van der Waals surface area contributed by atoms with Crippen LogP contribution in [0.5, 0.6) is 0 Å². The van der Waals surface area contributed by atoms with Crippen LogP contribution in [0.25, 0.3) is 0 Å². The number of amides is 1. The molecule has 1 amide bonds. The second-order valence-electron chi connectivity index (χ2n) is 9.84. The molecule has 31 heavy (non-hydrogen) atoms. The van der Waals surface area contributed by atoms with E-state index in [1.165, 1.54) is 4.68 Å². The minimum Gasteiger partial charge on any atom is -0.367 e. The van der Waals surface area contributed by atoms with E-state index in [1.807, 2.05) is 38.7 Å². The molecule has 168 valence electrons. The minimum atomic E-state index is -2.49. The summed E-state index contributed by atoms with van der Waals surface area (Å²) in [6.07, 6.45) is 2.91. The van der Waals surface area contributed by atoms with Crippen molar-refractivity contribution in [2.45, 2.75) is 70.9 Å². The average molecular weight is 432 g/mol. The second-order valence-corrected chi connectivity index (χ2v) is 9.84. The molecule has 6 nitrogen and oxygen atoms in total. The molecule has 2 aromatic rings. The number of halogens is 2. The van der Waals surface area contributed by atoms with E-state index in [0.29, 0.717) is 30.9 Å². The van der Waals surface area contributed by atoms with Crippen LogP contribution in [0.15, 0.2) is 24.5 Å². The van der Waals surface area contributed by atoms with Gasteiger partial charge < -0.3 is 10.2 Å². The molecule has 4 rings (SSSR count). The van der Waals surface area contributed by atoms with E-state index in [9.17, 15) is 13.6 Å². The Kier molecular flexibility index (Phi) is 5.75. The predicted molar refractivity (Wildman–Crippen MR) is 116 cm³/mol. The highest BCUT2D eigenvalue weighted by atomic mass is 19.3. The maximum absolute atomic E-state index is 14.0. The zero-order chi connectivity index (χ0) is 22.3. The molecule has 1 saturated heterocycles. The Morgan fingerprint density at radius 2 is 2.10 bits per heavy atom. The number of alkyl halides is 2. The lowest BCUT2D eigenvalue weighted by Gasteiger charge is -2.41. The molecule has 0 bridgehead atoms. The normalized spacial score (nSPS) is 24.1. The van der Waals surface area contributed by atoms with Crippen LogP contribution in [0.4, 0.5) is 14.6 Å². The Labute approximate surface area is 182 Å². The van der Waals surface area contributed by atoms with E-state index < -0.39 is 12.5 Å². The number of likely N-dealkylation sites (tertiary alicyclic amines) is 1. The smallest absolute Gasteiger partial charge is 0.260 e. The minimum absolute atomic E-state index is 0.00844. The Hall–Kier alpha value is -2.51. The fraction of sp³-hybridized carbons (Fsp3) is 0.609. The van der Waals surface area contributed by atoms with Crippen LogP contribution in [0.3, 0.4) is 0 Å². The van der Waals surface area contributed by atoms with Gasteiger partial charge in [-0.2, -0.15) is 5.10 Å². The third kappa shape index (κ3) is 4.29. The van der Waals surface area contributed by atoms with Gasteiger partial charge in [0.05, 0.1) is 5.69 Å². The number of rotatable bonds is 3. The topological polar surface area (TPSA) is 63.1 Å². The van der Waals surface area contributed by atoms with Crippen molar-refractivity contribution < 1.29 is 13.6 Å². The Bertz CT molecular complexity index is 952. The standard InChI is InChI=1S/C23H31F2N5O/c1-14-12-26-8-7-16(14)22(31)29-9-5-6-15(13-29)17-10-18(21(24)25)30-20(27-17)11-19(28-30)23(2,3)4/h7-8,11-12,15,17-18,21,27H,5-6,9-10,13H2,1-4H3/t15-,17+,18-/m1/s1. The first-order valence-corrected chi connectivity index (χ1v) is 11.0. The number of hydrogen-bond acceptors (Lipinski definition) is 4.